The van der Waals surface area contributed by atoms with E-state index in [2.05, 4.69) is 6.92 Å². The van der Waals surface area contributed by atoms with Crippen molar-refractivity contribution < 1.29 is 13.2 Å². The van der Waals surface area contributed by atoms with Gasteiger partial charge >= 0.3 is 0 Å². The molecule has 0 N–H and O–H groups in total. The van der Waals surface area contributed by atoms with Crippen LogP contribution >= 0.6 is 11.6 Å². The van der Waals surface area contributed by atoms with E-state index < -0.39 is 10.0 Å². The lowest BCUT2D eigenvalue weighted by molar-refractivity contribution is -0.131. The molecule has 1 amide bonds. The van der Waals surface area contributed by atoms with E-state index in [1.807, 2.05) is 6.92 Å². The smallest absolute Gasteiger partial charge is 0.264 e. The van der Waals surface area contributed by atoms with Gasteiger partial charge in [0.2, 0.25) is 5.91 Å². The average molecular weight is 421 g/mol. The molecule has 0 aliphatic carbocycles. The van der Waals surface area contributed by atoms with Crippen LogP contribution in [0.2, 0.25) is 5.02 Å². The van der Waals surface area contributed by atoms with Gasteiger partial charge in [-0.25, -0.2) is 8.42 Å². The molecular formula is C21H25ClN2O3S. The first-order valence-electron chi connectivity index (χ1n) is 9.41. The number of nitrogens with zero attached hydrogens (tertiary/aromatic N) is 2. The van der Waals surface area contributed by atoms with Gasteiger partial charge in [0, 0.05) is 18.1 Å². The fraction of sp³-hybridized carbons (Fsp3) is 0.381. The highest BCUT2D eigenvalue weighted by molar-refractivity contribution is 7.92. The van der Waals surface area contributed by atoms with Crippen molar-refractivity contribution in [3.05, 3.63) is 59.1 Å². The molecule has 1 atom stereocenters. The Morgan fingerprint density at radius 1 is 1.21 bits per heavy atom. The first-order valence-corrected chi connectivity index (χ1v) is 11.2. The standard InChI is InChI=1S/C21H25ClN2O3S/c1-16-7-6-12-23(14-16)21(25)15-24(18-11-10-17(2)20(22)13-18)28(26,27)19-8-4-3-5-9-19/h3-5,8-11,13,16H,6-7,12,14-15H2,1-2H3/t16-/m0/s1. The van der Waals surface area contributed by atoms with Crippen LogP contribution in [0.4, 0.5) is 5.69 Å². The van der Waals surface area contributed by atoms with Gasteiger partial charge in [-0.1, -0.05) is 42.8 Å². The highest BCUT2D eigenvalue weighted by atomic mass is 35.5. The van der Waals surface area contributed by atoms with Crippen LogP contribution in [-0.4, -0.2) is 38.9 Å². The van der Waals surface area contributed by atoms with E-state index in [4.69, 9.17) is 11.6 Å². The summed E-state index contributed by atoms with van der Waals surface area (Å²) in [6.45, 7) is 5.03. The molecule has 28 heavy (non-hydrogen) atoms. The topological polar surface area (TPSA) is 57.7 Å². The van der Waals surface area contributed by atoms with Gasteiger partial charge in [-0.15, -0.1) is 0 Å². The SMILES string of the molecule is Cc1ccc(N(CC(=O)N2CCC[C@H](C)C2)S(=O)(=O)c2ccccc2)cc1Cl. The quantitative estimate of drug-likeness (QED) is 0.731. The van der Waals surface area contributed by atoms with E-state index in [9.17, 15) is 13.2 Å². The second kappa shape index (κ2) is 8.53. The zero-order valence-corrected chi connectivity index (χ0v) is 17.7. The molecule has 0 unspecified atom stereocenters. The van der Waals surface area contributed by atoms with E-state index in [0.29, 0.717) is 29.7 Å². The number of rotatable bonds is 5. The number of likely N-dealkylation sites (tertiary alicyclic amines) is 1. The summed E-state index contributed by atoms with van der Waals surface area (Å²) in [5, 5.41) is 0.463. The first-order chi connectivity index (χ1) is 13.3. The summed E-state index contributed by atoms with van der Waals surface area (Å²) in [5.74, 6) is 0.230. The van der Waals surface area contributed by atoms with E-state index in [0.717, 1.165) is 22.7 Å². The molecule has 3 rings (SSSR count). The number of carbonyl (C=O) groups excluding carboxylic acids is 1. The lowest BCUT2D eigenvalue weighted by Gasteiger charge is -2.33. The molecular weight excluding hydrogens is 396 g/mol. The van der Waals surface area contributed by atoms with Gasteiger partial charge in [-0.05, 0) is 55.5 Å². The highest BCUT2D eigenvalue weighted by Gasteiger charge is 2.30. The molecule has 150 valence electrons. The van der Waals surface area contributed by atoms with Gasteiger partial charge in [0.1, 0.15) is 6.54 Å². The molecule has 5 nitrogen and oxygen atoms in total. The summed E-state index contributed by atoms with van der Waals surface area (Å²) < 4.78 is 27.8. The molecule has 1 heterocycles. The van der Waals surface area contributed by atoms with Crippen LogP contribution in [0.1, 0.15) is 25.3 Å². The zero-order valence-electron chi connectivity index (χ0n) is 16.1. The summed E-state index contributed by atoms with van der Waals surface area (Å²) >= 11 is 6.24. The summed E-state index contributed by atoms with van der Waals surface area (Å²) in [7, 11) is -3.90. The minimum Gasteiger partial charge on any atom is -0.341 e. The zero-order chi connectivity index (χ0) is 20.3. The number of carbonyl (C=O) groups is 1. The van der Waals surface area contributed by atoms with Crippen molar-refractivity contribution in [2.45, 2.75) is 31.6 Å². The number of aryl methyl sites for hydroxylation is 1. The van der Waals surface area contributed by atoms with Gasteiger partial charge in [-0.2, -0.15) is 0 Å². The Morgan fingerprint density at radius 3 is 2.57 bits per heavy atom. The van der Waals surface area contributed by atoms with Crippen LogP contribution in [-0.2, 0) is 14.8 Å². The Morgan fingerprint density at radius 2 is 1.93 bits per heavy atom. The fourth-order valence-corrected chi connectivity index (χ4v) is 5.01. The van der Waals surface area contributed by atoms with E-state index in [1.165, 1.54) is 12.1 Å². The van der Waals surface area contributed by atoms with Gasteiger partial charge in [0.15, 0.2) is 0 Å². The number of benzene rings is 2. The Balaban J connectivity index is 1.97. The molecule has 1 aliphatic rings. The summed E-state index contributed by atoms with van der Waals surface area (Å²) in [5.41, 5.74) is 1.23. The minimum atomic E-state index is -3.90. The van der Waals surface area contributed by atoms with Crippen LogP contribution < -0.4 is 4.31 Å². The molecule has 0 saturated carbocycles. The predicted octanol–water partition coefficient (Wildman–Crippen LogP) is 4.10. The molecule has 2 aromatic carbocycles. The van der Waals surface area contributed by atoms with Gasteiger partial charge in [-0.3, -0.25) is 9.10 Å². The second-order valence-corrected chi connectivity index (χ2v) is 9.61. The number of piperidine rings is 1. The van der Waals surface area contributed by atoms with Crippen molar-refractivity contribution in [1.82, 2.24) is 4.90 Å². The molecule has 7 heteroatoms. The highest BCUT2D eigenvalue weighted by Crippen LogP contribution is 2.28. The molecule has 0 bridgehead atoms. The van der Waals surface area contributed by atoms with Crippen molar-refractivity contribution in [2.75, 3.05) is 23.9 Å². The van der Waals surface area contributed by atoms with Crippen LogP contribution in [0.3, 0.4) is 0 Å². The van der Waals surface area contributed by atoms with E-state index in [1.54, 1.807) is 41.3 Å². The summed E-state index contributed by atoms with van der Waals surface area (Å²) in [6, 6.07) is 13.2. The van der Waals surface area contributed by atoms with E-state index in [-0.39, 0.29) is 17.3 Å². The van der Waals surface area contributed by atoms with Crippen molar-refractivity contribution >= 4 is 33.2 Å². The van der Waals surface area contributed by atoms with Crippen LogP contribution in [0, 0.1) is 12.8 Å². The maximum Gasteiger partial charge on any atom is 0.264 e. The third-order valence-electron chi connectivity index (χ3n) is 5.06. The molecule has 0 radical (unpaired) electrons. The number of sulfonamides is 1. The normalized spacial score (nSPS) is 17.4. The fourth-order valence-electron chi connectivity index (χ4n) is 3.41. The first kappa shape index (κ1) is 20.7. The minimum absolute atomic E-state index is 0.145. The van der Waals surface area contributed by atoms with Crippen molar-refractivity contribution in [3.63, 3.8) is 0 Å². The Kier molecular flexibility index (Phi) is 6.30. The molecule has 1 fully saturated rings. The van der Waals surface area contributed by atoms with Crippen molar-refractivity contribution in [1.29, 1.82) is 0 Å². The molecule has 0 aromatic heterocycles. The lowest BCUT2D eigenvalue weighted by Crippen LogP contribution is -2.46. The maximum absolute atomic E-state index is 13.3. The van der Waals surface area contributed by atoms with Crippen LogP contribution in [0.15, 0.2) is 53.4 Å². The number of hydrogen-bond donors (Lipinski definition) is 0. The summed E-state index contributed by atoms with van der Waals surface area (Å²) in [6.07, 6.45) is 2.03. The Labute approximate surface area is 172 Å². The van der Waals surface area contributed by atoms with Gasteiger partial charge in [0.05, 0.1) is 10.6 Å². The van der Waals surface area contributed by atoms with E-state index >= 15 is 0 Å². The third-order valence-corrected chi connectivity index (χ3v) is 7.26. The molecule has 0 spiro atoms. The number of halogens is 1. The monoisotopic (exact) mass is 420 g/mol. The molecule has 1 saturated heterocycles. The number of amides is 1. The van der Waals surface area contributed by atoms with Gasteiger partial charge in [0.25, 0.3) is 10.0 Å². The lowest BCUT2D eigenvalue weighted by atomic mass is 10.0. The summed E-state index contributed by atoms with van der Waals surface area (Å²) in [4.78, 5) is 14.9. The Bertz CT molecular complexity index is 947. The van der Waals surface area contributed by atoms with Crippen molar-refractivity contribution in [2.24, 2.45) is 5.92 Å². The third kappa shape index (κ3) is 4.50. The molecule has 1 aliphatic heterocycles. The maximum atomic E-state index is 13.3. The average Bonchev–Trinajstić information content (AvgIpc) is 2.68. The number of hydrogen-bond acceptors (Lipinski definition) is 3. The predicted molar refractivity (Wildman–Crippen MR) is 112 cm³/mol. The molecule has 2 aromatic rings. The van der Waals surface area contributed by atoms with Gasteiger partial charge < -0.3 is 4.90 Å². The van der Waals surface area contributed by atoms with Crippen molar-refractivity contribution in [3.8, 4) is 0 Å². The largest absolute Gasteiger partial charge is 0.341 e. The Hall–Kier alpha value is -2.05. The number of anilines is 1. The van der Waals surface area contributed by atoms with Crippen LogP contribution in [0.5, 0.6) is 0 Å². The van der Waals surface area contributed by atoms with Crippen LogP contribution in [0.25, 0.3) is 0 Å². The second-order valence-electron chi connectivity index (χ2n) is 7.35.